The van der Waals surface area contributed by atoms with Gasteiger partial charge in [0.05, 0.1) is 0 Å². The van der Waals surface area contributed by atoms with Gasteiger partial charge in [0.1, 0.15) is 6.10 Å². The molecule has 0 aliphatic heterocycles. The number of ketones is 1. The van der Waals surface area contributed by atoms with Crippen molar-refractivity contribution in [2.75, 3.05) is 0 Å². The van der Waals surface area contributed by atoms with Crippen molar-refractivity contribution < 1.29 is 14.3 Å². The average molecular weight is 357 g/mol. The lowest BCUT2D eigenvalue weighted by Crippen LogP contribution is -2.50. The van der Waals surface area contributed by atoms with E-state index in [1.54, 1.807) is 6.92 Å². The molecule has 0 aromatic carbocycles. The molecule has 3 nitrogen and oxygen atoms in total. The maximum absolute atomic E-state index is 12.2. The van der Waals surface area contributed by atoms with Crippen molar-refractivity contribution in [3.8, 4) is 0 Å². The van der Waals surface area contributed by atoms with E-state index >= 15 is 0 Å². The summed E-state index contributed by atoms with van der Waals surface area (Å²) in [6.07, 6.45) is 12.3. The molecule has 0 saturated heterocycles. The first-order valence-electron chi connectivity index (χ1n) is 10.3. The standard InChI is InChI=1S/C23H32O3/c1-14(24)19-7-8-20-18-6-5-16-13-17(26-15(2)25)9-11-22(16,3)21(18)10-12-23(19,20)4/h5,7,17-18,20-21H,6,8-13H2,1-4H3/t17-,18+,20+,21+,22-,23+/m0/s1. The second-order valence-corrected chi connectivity index (χ2v) is 9.60. The molecule has 0 radical (unpaired) electrons. The van der Waals surface area contributed by atoms with Gasteiger partial charge in [-0.05, 0) is 79.6 Å². The molecule has 6 atom stereocenters. The van der Waals surface area contributed by atoms with Gasteiger partial charge < -0.3 is 4.74 Å². The first-order valence-corrected chi connectivity index (χ1v) is 10.3. The van der Waals surface area contributed by atoms with Gasteiger partial charge in [0.2, 0.25) is 0 Å². The Hall–Kier alpha value is -1.38. The first kappa shape index (κ1) is 18.0. The van der Waals surface area contributed by atoms with Gasteiger partial charge in [-0.2, -0.15) is 0 Å². The molecule has 0 aromatic rings. The fourth-order valence-corrected chi connectivity index (χ4v) is 7.08. The highest BCUT2D eigenvalue weighted by molar-refractivity contribution is 5.95. The monoisotopic (exact) mass is 356 g/mol. The highest BCUT2D eigenvalue weighted by Gasteiger charge is 2.57. The van der Waals surface area contributed by atoms with Gasteiger partial charge in [0.25, 0.3) is 0 Å². The van der Waals surface area contributed by atoms with Crippen molar-refractivity contribution in [2.24, 2.45) is 28.6 Å². The Morgan fingerprint density at radius 3 is 2.42 bits per heavy atom. The number of carbonyl (C=O) groups is 2. The molecule has 0 aromatic heterocycles. The molecule has 0 amide bonds. The van der Waals surface area contributed by atoms with Crippen molar-refractivity contribution in [1.29, 1.82) is 0 Å². The molecule has 0 spiro atoms. The highest BCUT2D eigenvalue weighted by atomic mass is 16.5. The number of ether oxygens (including phenoxy) is 1. The van der Waals surface area contributed by atoms with Crippen molar-refractivity contribution in [3.05, 3.63) is 23.3 Å². The fourth-order valence-electron chi connectivity index (χ4n) is 7.08. The predicted octanol–water partition coefficient (Wildman–Crippen LogP) is 5.01. The zero-order valence-electron chi connectivity index (χ0n) is 16.6. The Morgan fingerprint density at radius 2 is 1.73 bits per heavy atom. The largest absolute Gasteiger partial charge is 0.462 e. The predicted molar refractivity (Wildman–Crippen MR) is 101 cm³/mol. The smallest absolute Gasteiger partial charge is 0.302 e. The zero-order valence-corrected chi connectivity index (χ0v) is 16.6. The van der Waals surface area contributed by atoms with Crippen LogP contribution in [0.2, 0.25) is 0 Å². The van der Waals surface area contributed by atoms with Crippen LogP contribution >= 0.6 is 0 Å². The highest BCUT2D eigenvalue weighted by Crippen LogP contribution is 2.65. The van der Waals surface area contributed by atoms with Gasteiger partial charge in [-0.15, -0.1) is 0 Å². The van der Waals surface area contributed by atoms with Crippen LogP contribution in [0, 0.1) is 28.6 Å². The molecule has 4 rings (SSSR count). The van der Waals surface area contributed by atoms with Crippen LogP contribution in [0.15, 0.2) is 23.3 Å². The van der Waals surface area contributed by atoms with Crippen molar-refractivity contribution in [3.63, 3.8) is 0 Å². The third-order valence-corrected chi connectivity index (χ3v) is 8.35. The SMILES string of the molecule is CC(=O)O[C@H]1CC[C@@]2(C)C(=CC[C@H]3[C@H]2CC[C@]2(C)C(C(C)=O)=CC[C@H]32)C1. The lowest BCUT2D eigenvalue weighted by Gasteiger charge is -2.57. The third kappa shape index (κ3) is 2.53. The Labute approximate surface area is 157 Å². The summed E-state index contributed by atoms with van der Waals surface area (Å²) in [5.41, 5.74) is 2.96. The van der Waals surface area contributed by atoms with E-state index in [2.05, 4.69) is 26.0 Å². The molecule has 2 fully saturated rings. The lowest BCUT2D eigenvalue weighted by molar-refractivity contribution is -0.148. The molecule has 4 aliphatic rings. The van der Waals surface area contributed by atoms with E-state index in [0.29, 0.717) is 17.8 Å². The van der Waals surface area contributed by atoms with E-state index in [1.165, 1.54) is 18.9 Å². The molecule has 0 N–H and O–H groups in total. The van der Waals surface area contributed by atoms with E-state index in [1.807, 2.05) is 0 Å². The number of allylic oxidation sites excluding steroid dienone is 3. The molecule has 142 valence electrons. The number of carbonyl (C=O) groups excluding carboxylic acids is 2. The summed E-state index contributed by atoms with van der Waals surface area (Å²) >= 11 is 0. The van der Waals surface area contributed by atoms with Gasteiger partial charge in [-0.25, -0.2) is 0 Å². The minimum atomic E-state index is -0.157. The second kappa shape index (κ2) is 6.07. The third-order valence-electron chi connectivity index (χ3n) is 8.35. The summed E-state index contributed by atoms with van der Waals surface area (Å²) in [4.78, 5) is 23.5. The van der Waals surface area contributed by atoms with E-state index in [0.717, 1.165) is 44.1 Å². The maximum Gasteiger partial charge on any atom is 0.302 e. The summed E-state index contributed by atoms with van der Waals surface area (Å²) in [6.45, 7) is 8.05. The number of esters is 1. The molecule has 0 bridgehead atoms. The van der Waals surface area contributed by atoms with Gasteiger partial charge in [0.15, 0.2) is 5.78 Å². The molecule has 0 heterocycles. The van der Waals surface area contributed by atoms with Crippen LogP contribution in [0.3, 0.4) is 0 Å². The molecular formula is C23H32O3. The molecule has 4 aliphatic carbocycles. The van der Waals surface area contributed by atoms with Crippen LogP contribution in [0.5, 0.6) is 0 Å². The van der Waals surface area contributed by atoms with Crippen LogP contribution < -0.4 is 0 Å². The number of hydrogen-bond donors (Lipinski definition) is 0. The lowest BCUT2D eigenvalue weighted by atomic mass is 9.47. The van der Waals surface area contributed by atoms with Crippen LogP contribution in [-0.4, -0.2) is 17.9 Å². The summed E-state index contributed by atoms with van der Waals surface area (Å²) in [6, 6.07) is 0. The van der Waals surface area contributed by atoms with Crippen LogP contribution in [-0.2, 0) is 14.3 Å². The number of hydrogen-bond acceptors (Lipinski definition) is 3. The molecule has 2 saturated carbocycles. The van der Waals surface area contributed by atoms with E-state index in [-0.39, 0.29) is 28.7 Å². The van der Waals surface area contributed by atoms with E-state index < -0.39 is 0 Å². The molecule has 0 unspecified atom stereocenters. The van der Waals surface area contributed by atoms with Crippen molar-refractivity contribution >= 4 is 11.8 Å². The first-order chi connectivity index (χ1) is 12.3. The van der Waals surface area contributed by atoms with Gasteiger partial charge >= 0.3 is 5.97 Å². The second-order valence-electron chi connectivity index (χ2n) is 9.60. The van der Waals surface area contributed by atoms with Gasteiger partial charge in [-0.3, -0.25) is 9.59 Å². The quantitative estimate of drug-likeness (QED) is 0.516. The summed E-state index contributed by atoms with van der Waals surface area (Å²) < 4.78 is 5.52. The summed E-state index contributed by atoms with van der Waals surface area (Å²) in [5.74, 6) is 2.11. The van der Waals surface area contributed by atoms with Crippen molar-refractivity contribution in [1.82, 2.24) is 0 Å². The Kier molecular flexibility index (Phi) is 4.20. The summed E-state index contributed by atoms with van der Waals surface area (Å²) in [5, 5.41) is 0. The normalized spacial score (nSPS) is 44.2. The number of Topliss-reactive ketones (excluding diaryl/α,β-unsaturated/α-hetero) is 1. The zero-order chi connectivity index (χ0) is 18.7. The Morgan fingerprint density at radius 1 is 1.00 bits per heavy atom. The molecule has 3 heteroatoms. The molecular weight excluding hydrogens is 324 g/mol. The van der Waals surface area contributed by atoms with Crippen LogP contribution in [0.4, 0.5) is 0 Å². The van der Waals surface area contributed by atoms with Crippen LogP contribution in [0.25, 0.3) is 0 Å². The van der Waals surface area contributed by atoms with Gasteiger partial charge in [-0.1, -0.05) is 31.6 Å². The Bertz CT molecular complexity index is 702. The van der Waals surface area contributed by atoms with E-state index in [9.17, 15) is 9.59 Å². The minimum Gasteiger partial charge on any atom is -0.462 e. The van der Waals surface area contributed by atoms with Crippen LogP contribution in [0.1, 0.15) is 72.6 Å². The number of fused-ring (bicyclic) bond motifs is 5. The summed E-state index contributed by atoms with van der Waals surface area (Å²) in [7, 11) is 0. The topological polar surface area (TPSA) is 43.4 Å². The van der Waals surface area contributed by atoms with E-state index in [4.69, 9.17) is 4.74 Å². The average Bonchev–Trinajstić information content (AvgIpc) is 2.92. The molecule has 26 heavy (non-hydrogen) atoms. The number of rotatable bonds is 2. The van der Waals surface area contributed by atoms with Gasteiger partial charge in [0, 0.05) is 13.3 Å². The van der Waals surface area contributed by atoms with Crippen molar-refractivity contribution in [2.45, 2.75) is 78.7 Å². The fraction of sp³-hybridized carbons (Fsp3) is 0.739. The minimum absolute atomic E-state index is 0.0645. The Balaban J connectivity index is 1.59. The maximum atomic E-state index is 12.2.